The Balaban J connectivity index is 1.79. The lowest BCUT2D eigenvalue weighted by atomic mass is 9.88. The summed E-state index contributed by atoms with van der Waals surface area (Å²) in [7, 11) is 0. The summed E-state index contributed by atoms with van der Waals surface area (Å²) in [5.74, 6) is 1.50. The van der Waals surface area contributed by atoms with Gasteiger partial charge < -0.3 is 10.6 Å². The summed E-state index contributed by atoms with van der Waals surface area (Å²) < 4.78 is 0. The molecule has 0 aromatic rings. The first-order valence-corrected chi connectivity index (χ1v) is 8.19. The number of carbonyl (C=O) groups excluding carboxylic acids is 1. The van der Waals surface area contributed by atoms with Gasteiger partial charge in [0.25, 0.3) is 0 Å². The molecule has 2 fully saturated rings. The van der Waals surface area contributed by atoms with Crippen molar-refractivity contribution in [2.24, 2.45) is 11.8 Å². The lowest BCUT2D eigenvalue weighted by molar-refractivity contribution is -0.123. The summed E-state index contributed by atoms with van der Waals surface area (Å²) in [5, 5.41) is 6.75. The van der Waals surface area contributed by atoms with E-state index in [0.717, 1.165) is 13.0 Å². The van der Waals surface area contributed by atoms with E-state index >= 15 is 0 Å². The molecule has 1 saturated carbocycles. The van der Waals surface area contributed by atoms with Crippen LogP contribution in [0.5, 0.6) is 0 Å². The van der Waals surface area contributed by atoms with Crippen LogP contribution in [-0.4, -0.2) is 24.5 Å². The second-order valence-electron chi connectivity index (χ2n) is 6.66. The molecule has 110 valence electrons. The van der Waals surface area contributed by atoms with Gasteiger partial charge in [-0.25, -0.2) is 0 Å². The van der Waals surface area contributed by atoms with Gasteiger partial charge in [0.1, 0.15) is 0 Å². The molecule has 2 aliphatic rings. The van der Waals surface area contributed by atoms with Crippen LogP contribution in [0.15, 0.2) is 0 Å². The molecule has 2 N–H and O–H groups in total. The molecule has 3 nitrogen and oxygen atoms in total. The maximum absolute atomic E-state index is 12.2. The minimum absolute atomic E-state index is 0.277. The lowest BCUT2D eigenvalue weighted by Crippen LogP contribution is -2.56. The zero-order valence-electron chi connectivity index (χ0n) is 12.6. The predicted molar refractivity (Wildman–Crippen MR) is 79.0 cm³/mol. The van der Waals surface area contributed by atoms with Crippen LogP contribution in [-0.2, 0) is 4.79 Å². The summed E-state index contributed by atoms with van der Waals surface area (Å²) in [4.78, 5) is 12.2. The minimum Gasteiger partial charge on any atom is -0.352 e. The van der Waals surface area contributed by atoms with E-state index in [1.54, 1.807) is 0 Å². The molecule has 3 atom stereocenters. The molecular weight excluding hydrogens is 236 g/mol. The fourth-order valence-corrected chi connectivity index (χ4v) is 3.68. The van der Waals surface area contributed by atoms with E-state index in [2.05, 4.69) is 24.5 Å². The highest BCUT2D eigenvalue weighted by atomic mass is 16.1. The van der Waals surface area contributed by atoms with Crippen LogP contribution in [0.3, 0.4) is 0 Å². The van der Waals surface area contributed by atoms with Gasteiger partial charge in [-0.3, -0.25) is 4.79 Å². The highest BCUT2D eigenvalue weighted by Gasteiger charge is 2.29. The summed E-state index contributed by atoms with van der Waals surface area (Å²) in [6.45, 7) is 5.53. The smallest absolute Gasteiger partial charge is 0.220 e. The minimum atomic E-state index is 0.277. The zero-order chi connectivity index (χ0) is 13.7. The first-order chi connectivity index (χ1) is 9.16. The van der Waals surface area contributed by atoms with Crippen LogP contribution in [0.25, 0.3) is 0 Å². The van der Waals surface area contributed by atoms with Crippen LogP contribution in [0.4, 0.5) is 0 Å². The van der Waals surface area contributed by atoms with Crippen molar-refractivity contribution in [2.45, 2.75) is 77.3 Å². The third-order valence-electron chi connectivity index (χ3n) is 4.99. The highest BCUT2D eigenvalue weighted by molar-refractivity contribution is 5.76. The molecule has 1 aliphatic heterocycles. The van der Waals surface area contributed by atoms with Crippen molar-refractivity contribution in [3.8, 4) is 0 Å². The normalized spacial score (nSPS) is 33.7. The third kappa shape index (κ3) is 4.48. The Bertz CT molecular complexity index is 274. The average Bonchev–Trinajstić information content (AvgIpc) is 2.63. The highest BCUT2D eigenvalue weighted by Crippen LogP contribution is 2.25. The van der Waals surface area contributed by atoms with Gasteiger partial charge in [0.2, 0.25) is 5.91 Å². The Hall–Kier alpha value is -0.570. The molecule has 1 aliphatic carbocycles. The number of nitrogens with one attached hydrogen (secondary N) is 2. The summed E-state index contributed by atoms with van der Waals surface area (Å²) in [5.41, 5.74) is 0. The number of hydrogen-bond donors (Lipinski definition) is 2. The molecule has 0 bridgehead atoms. The Kier molecular flexibility index (Phi) is 5.68. The molecule has 0 aromatic heterocycles. The second-order valence-corrected chi connectivity index (χ2v) is 6.66. The van der Waals surface area contributed by atoms with Crippen LogP contribution < -0.4 is 10.6 Å². The molecule has 19 heavy (non-hydrogen) atoms. The van der Waals surface area contributed by atoms with Gasteiger partial charge in [-0.1, -0.05) is 32.6 Å². The second kappa shape index (κ2) is 7.28. The molecule has 0 spiro atoms. The first kappa shape index (κ1) is 14.8. The van der Waals surface area contributed by atoms with Gasteiger partial charge in [0.05, 0.1) is 0 Å². The van der Waals surface area contributed by atoms with E-state index < -0.39 is 0 Å². The topological polar surface area (TPSA) is 41.1 Å². The van der Waals surface area contributed by atoms with E-state index in [1.807, 2.05) is 0 Å². The van der Waals surface area contributed by atoms with Gasteiger partial charge in [-0.15, -0.1) is 0 Å². The van der Waals surface area contributed by atoms with Crippen molar-refractivity contribution in [3.05, 3.63) is 0 Å². The van der Waals surface area contributed by atoms with Gasteiger partial charge in [-0.2, -0.15) is 0 Å². The molecule has 2 rings (SSSR count). The van der Waals surface area contributed by atoms with Crippen LogP contribution in [0, 0.1) is 11.8 Å². The van der Waals surface area contributed by atoms with Crippen LogP contribution in [0.2, 0.25) is 0 Å². The zero-order valence-corrected chi connectivity index (χ0v) is 12.6. The summed E-state index contributed by atoms with van der Waals surface area (Å²) in [6.07, 6.45) is 9.76. The monoisotopic (exact) mass is 266 g/mol. The maximum Gasteiger partial charge on any atom is 0.220 e. The van der Waals surface area contributed by atoms with Crippen molar-refractivity contribution in [2.75, 3.05) is 6.54 Å². The third-order valence-corrected chi connectivity index (χ3v) is 4.99. The average molecular weight is 266 g/mol. The molecule has 1 heterocycles. The Morgan fingerprint density at radius 1 is 1.11 bits per heavy atom. The van der Waals surface area contributed by atoms with Crippen molar-refractivity contribution >= 4 is 5.91 Å². The molecule has 3 heteroatoms. The molecular formula is C16H30N2O. The predicted octanol–water partition coefficient (Wildman–Crippen LogP) is 2.85. The van der Waals surface area contributed by atoms with E-state index in [-0.39, 0.29) is 5.91 Å². The van der Waals surface area contributed by atoms with Gasteiger partial charge in [0, 0.05) is 18.5 Å². The molecule has 0 aromatic carbocycles. The lowest BCUT2D eigenvalue weighted by Gasteiger charge is -2.36. The van der Waals surface area contributed by atoms with E-state index in [4.69, 9.17) is 0 Å². The Morgan fingerprint density at radius 2 is 1.79 bits per heavy atom. The number of rotatable bonds is 3. The molecule has 1 saturated heterocycles. The standard InChI is InChI=1S/C16H30N2O/c1-12-9-10-17-13(2)16(12)18-15(19)11-14-7-5-3-4-6-8-14/h12-14,16-17H,3-11H2,1-2H3,(H,18,19). The summed E-state index contributed by atoms with van der Waals surface area (Å²) >= 11 is 0. The number of hydrogen-bond acceptors (Lipinski definition) is 2. The molecule has 1 amide bonds. The van der Waals surface area contributed by atoms with E-state index in [9.17, 15) is 4.79 Å². The number of carbonyl (C=O) groups is 1. The number of amides is 1. The SMILES string of the molecule is CC1CCNC(C)C1NC(=O)CC1CCCCCC1. The first-order valence-electron chi connectivity index (χ1n) is 8.19. The van der Waals surface area contributed by atoms with Gasteiger partial charge in [-0.05, 0) is 44.6 Å². The van der Waals surface area contributed by atoms with Crippen molar-refractivity contribution in [1.29, 1.82) is 0 Å². The van der Waals surface area contributed by atoms with Crippen LogP contribution in [0.1, 0.15) is 65.2 Å². The quantitative estimate of drug-likeness (QED) is 0.771. The van der Waals surface area contributed by atoms with Crippen molar-refractivity contribution in [3.63, 3.8) is 0 Å². The van der Waals surface area contributed by atoms with Crippen LogP contribution >= 0.6 is 0 Å². The van der Waals surface area contributed by atoms with Gasteiger partial charge >= 0.3 is 0 Å². The van der Waals surface area contributed by atoms with Crippen molar-refractivity contribution < 1.29 is 4.79 Å². The summed E-state index contributed by atoms with van der Waals surface area (Å²) in [6, 6.07) is 0.717. The van der Waals surface area contributed by atoms with E-state index in [0.29, 0.717) is 23.9 Å². The van der Waals surface area contributed by atoms with Gasteiger partial charge in [0.15, 0.2) is 0 Å². The fourth-order valence-electron chi connectivity index (χ4n) is 3.68. The largest absolute Gasteiger partial charge is 0.352 e. The van der Waals surface area contributed by atoms with E-state index in [1.165, 1.54) is 44.9 Å². The maximum atomic E-state index is 12.2. The van der Waals surface area contributed by atoms with Crippen molar-refractivity contribution in [1.82, 2.24) is 10.6 Å². The Labute approximate surface area is 117 Å². The Morgan fingerprint density at radius 3 is 2.42 bits per heavy atom. The fraction of sp³-hybridized carbons (Fsp3) is 0.938. The number of piperidine rings is 1. The molecule has 3 unspecified atom stereocenters. The molecule has 0 radical (unpaired) electrons.